The third-order valence-corrected chi connectivity index (χ3v) is 23.3. The SMILES string of the molecule is C/C=C(/C)C(=O)OC1C(O)[C@H](O[C@@H]2[C@H](C)CC3C4=CCC5[C@@]6(C)CC[C@H](O[C@@H]7OC(C(=O)O)[C@@H](O)C(O[C@@H]8O[C@@H](CO)C(O)C8O)C7O[C@@H]7OC(CO)[C@H](O)C(O)C7O)C(C)(C)C6CC[C@@]5(C)[C@]4(C)C[C@@H](O)[C@@]3(CO)[C@H]2OC(C)=O)OC(C)[C@@H]1OC(=O)/C(C)=C\C. The van der Waals surface area contributed by atoms with Crippen LogP contribution < -0.4 is 0 Å². The van der Waals surface area contributed by atoms with Crippen LogP contribution in [-0.4, -0.2) is 246 Å². The van der Waals surface area contributed by atoms with Crippen LogP contribution in [0.25, 0.3) is 0 Å². The molecule has 14 unspecified atom stereocenters. The molecule has 4 aliphatic heterocycles. The molecule has 4 saturated carbocycles. The maximum Gasteiger partial charge on any atom is 0.335 e. The normalized spacial score (nSPS) is 49.0. The van der Waals surface area contributed by atoms with Crippen molar-refractivity contribution in [2.24, 2.45) is 50.7 Å². The van der Waals surface area contributed by atoms with Crippen molar-refractivity contribution >= 4 is 23.9 Å². The number of hydrogen-bond acceptors (Lipinski definition) is 26. The summed E-state index contributed by atoms with van der Waals surface area (Å²) >= 11 is 0. The third-order valence-electron chi connectivity index (χ3n) is 23.3. The molecule has 516 valence electrons. The van der Waals surface area contributed by atoms with Gasteiger partial charge in [0.05, 0.1) is 43.5 Å². The van der Waals surface area contributed by atoms with Crippen molar-refractivity contribution in [3.05, 3.63) is 34.9 Å². The van der Waals surface area contributed by atoms with Crippen LogP contribution in [0, 0.1) is 50.7 Å². The number of carboxylic acids is 1. The number of esters is 3. The van der Waals surface area contributed by atoms with Crippen LogP contribution >= 0.6 is 0 Å². The minimum atomic E-state index is -2.13. The van der Waals surface area contributed by atoms with Gasteiger partial charge in [0.1, 0.15) is 79.4 Å². The number of carboxylic acid groups (broad SMARTS) is 1. The van der Waals surface area contributed by atoms with Crippen LogP contribution in [0.5, 0.6) is 0 Å². The number of aliphatic carboxylic acids is 1. The Labute approximate surface area is 529 Å². The van der Waals surface area contributed by atoms with Gasteiger partial charge in [0.2, 0.25) is 0 Å². The highest BCUT2D eigenvalue weighted by atomic mass is 16.8. The van der Waals surface area contributed by atoms with Crippen molar-refractivity contribution in [1.29, 1.82) is 0 Å². The second kappa shape index (κ2) is 27.1. The molecule has 4 heterocycles. The number of carbonyl (C=O) groups excluding carboxylic acids is 3. The van der Waals surface area contributed by atoms with Crippen molar-refractivity contribution < 1.29 is 133 Å². The largest absolute Gasteiger partial charge is 0.479 e. The van der Waals surface area contributed by atoms with Crippen LogP contribution in [0.4, 0.5) is 0 Å². The van der Waals surface area contributed by atoms with Crippen LogP contribution in [0.1, 0.15) is 128 Å². The van der Waals surface area contributed by atoms with E-state index in [9.17, 15) is 80.5 Å². The quantitative estimate of drug-likeness (QED) is 0.0307. The Hall–Kier alpha value is -3.66. The summed E-state index contributed by atoms with van der Waals surface area (Å²) in [5, 5.41) is 134. The number of allylic oxidation sites excluding steroid dienone is 4. The zero-order chi connectivity index (χ0) is 67.1. The molecule has 0 aromatic heterocycles. The number of ether oxygens (including phenoxy) is 11. The maximum atomic E-state index is 13.4. The highest BCUT2D eigenvalue weighted by molar-refractivity contribution is 5.88. The first kappa shape index (κ1) is 71.6. The highest BCUT2D eigenvalue weighted by Gasteiger charge is 2.73. The van der Waals surface area contributed by atoms with E-state index in [1.54, 1.807) is 33.8 Å². The summed E-state index contributed by atoms with van der Waals surface area (Å²) in [4.78, 5) is 52.8. The van der Waals surface area contributed by atoms with Crippen LogP contribution in [0.2, 0.25) is 0 Å². The first-order chi connectivity index (χ1) is 42.7. The molecule has 0 aromatic rings. The second-order valence-electron chi connectivity index (χ2n) is 28.4. The Balaban J connectivity index is 1.00. The number of aliphatic hydroxyl groups excluding tert-OH is 11. The van der Waals surface area contributed by atoms with Gasteiger partial charge in [-0.2, -0.15) is 0 Å². The van der Waals surface area contributed by atoms with E-state index in [2.05, 4.69) is 26.8 Å². The molecule has 31 atom stereocenters. The molecule has 8 fully saturated rings. The Morgan fingerprint density at radius 1 is 0.604 bits per heavy atom. The lowest BCUT2D eigenvalue weighted by molar-refractivity contribution is -0.386. The molecule has 0 amide bonds. The third kappa shape index (κ3) is 12.2. The average molecular weight is 1300 g/mol. The van der Waals surface area contributed by atoms with E-state index in [1.807, 2.05) is 20.8 Å². The lowest BCUT2D eigenvalue weighted by Gasteiger charge is -2.72. The molecular weight excluding hydrogens is 1200 g/mol. The van der Waals surface area contributed by atoms with E-state index in [0.717, 1.165) is 5.57 Å². The molecule has 0 aromatic carbocycles. The van der Waals surface area contributed by atoms with E-state index in [1.165, 1.54) is 19.9 Å². The second-order valence-corrected chi connectivity index (χ2v) is 28.4. The van der Waals surface area contributed by atoms with Crippen molar-refractivity contribution in [2.45, 2.75) is 269 Å². The van der Waals surface area contributed by atoms with Gasteiger partial charge in [0, 0.05) is 18.1 Å². The summed E-state index contributed by atoms with van der Waals surface area (Å²) in [5.74, 6) is -5.09. The smallest absolute Gasteiger partial charge is 0.335 e. The zero-order valence-corrected chi connectivity index (χ0v) is 53.9. The van der Waals surface area contributed by atoms with Crippen LogP contribution in [0.15, 0.2) is 34.9 Å². The molecule has 0 radical (unpaired) electrons. The molecular formula is C64H98O27. The number of aliphatic hydroxyl groups is 11. The molecule has 0 spiro atoms. The van der Waals surface area contributed by atoms with E-state index in [-0.39, 0.29) is 29.4 Å². The molecule has 0 bridgehead atoms. The highest BCUT2D eigenvalue weighted by Crippen LogP contribution is 2.76. The van der Waals surface area contributed by atoms with Gasteiger partial charge in [0.25, 0.3) is 0 Å². The van der Waals surface area contributed by atoms with E-state index >= 15 is 0 Å². The van der Waals surface area contributed by atoms with Gasteiger partial charge in [-0.15, -0.1) is 0 Å². The molecule has 9 aliphatic rings. The molecule has 12 N–H and O–H groups in total. The molecule has 27 nitrogen and oxygen atoms in total. The van der Waals surface area contributed by atoms with E-state index in [4.69, 9.17) is 52.1 Å². The molecule has 9 rings (SSSR count). The van der Waals surface area contributed by atoms with Gasteiger partial charge in [0.15, 0.2) is 43.5 Å². The van der Waals surface area contributed by atoms with Crippen molar-refractivity contribution in [3.63, 3.8) is 0 Å². The van der Waals surface area contributed by atoms with Gasteiger partial charge < -0.3 is 113 Å². The fourth-order valence-corrected chi connectivity index (χ4v) is 17.7. The Morgan fingerprint density at radius 3 is 1.71 bits per heavy atom. The summed E-state index contributed by atoms with van der Waals surface area (Å²) < 4.78 is 67.5. The van der Waals surface area contributed by atoms with E-state index in [0.29, 0.717) is 38.5 Å². The molecule has 91 heavy (non-hydrogen) atoms. The van der Waals surface area contributed by atoms with Gasteiger partial charge in [-0.1, -0.05) is 65.3 Å². The number of hydrogen-bond donors (Lipinski definition) is 12. The first-order valence-corrected chi connectivity index (χ1v) is 32.0. The minimum Gasteiger partial charge on any atom is -0.479 e. The topological polar surface area (TPSA) is 413 Å². The summed E-state index contributed by atoms with van der Waals surface area (Å²) in [6, 6.07) is 0. The summed E-state index contributed by atoms with van der Waals surface area (Å²) in [5.41, 5.74) is -2.50. The van der Waals surface area contributed by atoms with Crippen molar-refractivity contribution in [1.82, 2.24) is 0 Å². The average Bonchev–Trinajstić information content (AvgIpc) is 0.962. The lowest BCUT2D eigenvalue weighted by Crippen LogP contribution is -2.72. The number of carbonyl (C=O) groups is 4. The maximum absolute atomic E-state index is 13.4. The fourth-order valence-electron chi connectivity index (χ4n) is 17.7. The molecule has 5 aliphatic carbocycles. The minimum absolute atomic E-state index is 0.0352. The summed E-state index contributed by atoms with van der Waals surface area (Å²) in [6.07, 6.45) is -28.6. The number of rotatable bonds is 17. The van der Waals surface area contributed by atoms with Gasteiger partial charge in [-0.25, -0.2) is 14.4 Å². The lowest BCUT2D eigenvalue weighted by atomic mass is 9.33. The summed E-state index contributed by atoms with van der Waals surface area (Å²) in [7, 11) is 0. The van der Waals surface area contributed by atoms with Gasteiger partial charge >= 0.3 is 23.9 Å². The molecule has 4 saturated heterocycles. The first-order valence-electron chi connectivity index (χ1n) is 32.0. The number of fused-ring (bicyclic) bond motifs is 7. The predicted molar refractivity (Wildman–Crippen MR) is 312 cm³/mol. The summed E-state index contributed by atoms with van der Waals surface area (Å²) in [6.45, 7) is 19.6. The van der Waals surface area contributed by atoms with Gasteiger partial charge in [-0.05, 0) is 125 Å². The standard InChI is InChI=1S/C64H98O27/c1-13-26(3)54(79)86-47-29(6)81-58(45(76)49(47)87-55(80)27(4)14-2)88-46-28(5)21-32-31-15-16-36-61(10)19-18-38(60(8,9)35(61)17-20-62(36,11)63(31,12)22-37(69)64(32,25-67)52(46)82-30(7)68)85-59-51(91-57-43(74)41(72)39(70)33(23-65)83-57)48(44(75)50(90-59)53(77)78)89-56-42(73)40(71)34(24-66)84-56/h13-15,28-29,32-52,56-59,65-67,69-76H,16-25H2,1-12H3,(H,77,78)/b26-13-,27-14-/t28-,29?,32?,33?,34+,35?,36?,37-,38+,39+,40?,41?,42?,43?,44+,45?,46-,47+,48?,49?,50?,51?,52+,56+,57+,58+,59-,61+,62-,63-,64+/m1/s1. The monoisotopic (exact) mass is 1300 g/mol. The Kier molecular flexibility index (Phi) is 21.3. The predicted octanol–water partition coefficient (Wildman–Crippen LogP) is 0.324. The van der Waals surface area contributed by atoms with Crippen molar-refractivity contribution in [2.75, 3.05) is 19.8 Å². The Morgan fingerprint density at radius 2 is 1.15 bits per heavy atom. The fraction of sp³-hybridized carbons (Fsp3) is 0.844. The Bertz CT molecular complexity index is 2740. The zero-order valence-electron chi connectivity index (χ0n) is 53.9. The molecule has 27 heteroatoms. The van der Waals surface area contributed by atoms with E-state index < -0.39 is 224 Å². The van der Waals surface area contributed by atoms with Crippen LogP contribution in [-0.2, 0) is 71.3 Å². The van der Waals surface area contributed by atoms with Crippen LogP contribution in [0.3, 0.4) is 0 Å². The van der Waals surface area contributed by atoms with Crippen molar-refractivity contribution in [3.8, 4) is 0 Å². The van der Waals surface area contributed by atoms with Gasteiger partial charge in [-0.3, -0.25) is 4.79 Å².